The zero-order valence-corrected chi connectivity index (χ0v) is 8.15. The van der Waals surface area contributed by atoms with Crippen molar-refractivity contribution >= 4 is 22.9 Å². The van der Waals surface area contributed by atoms with E-state index in [9.17, 15) is 4.79 Å². The normalized spacial score (nSPS) is 10.8. The smallest absolute Gasteiger partial charge is 0.324 e. The zero-order chi connectivity index (χ0) is 11.0. The first kappa shape index (κ1) is 8.78. The van der Waals surface area contributed by atoms with Crippen LogP contribution < -0.4 is 11.0 Å². The highest BCUT2D eigenvalue weighted by molar-refractivity contribution is 5.74. The second-order valence-corrected chi connectivity index (χ2v) is 3.27. The van der Waals surface area contributed by atoms with Gasteiger partial charge in [-0.2, -0.15) is 4.98 Å². The number of imidazole rings is 1. The third-order valence-corrected chi connectivity index (χ3v) is 2.13. The number of rotatable bonds is 2. The second-order valence-electron chi connectivity index (χ2n) is 3.27. The van der Waals surface area contributed by atoms with Gasteiger partial charge in [0.2, 0.25) is 0 Å². The molecule has 2 heterocycles. The number of aromatic amines is 2. The number of nitrogens with one attached hydrogen (secondary N) is 3. The summed E-state index contributed by atoms with van der Waals surface area (Å²) in [5.41, 5.74) is 1.18. The summed E-state index contributed by atoms with van der Waals surface area (Å²) in [7, 11) is 0. The van der Waals surface area contributed by atoms with Crippen LogP contribution in [-0.4, -0.2) is 15.0 Å². The van der Waals surface area contributed by atoms with Gasteiger partial charge in [0.15, 0.2) is 5.58 Å². The van der Waals surface area contributed by atoms with Gasteiger partial charge in [-0.25, -0.2) is 4.79 Å². The highest BCUT2D eigenvalue weighted by atomic mass is 16.4. The topological polar surface area (TPSA) is 86.7 Å². The standard InChI is InChI=1S/C10H8N4O2/c15-9-11-5-8(13-9)14-10-12-6-3-1-2-4-7(6)16-10/h1-5H,(H,12,14)(H2,11,13,15). The summed E-state index contributed by atoms with van der Waals surface area (Å²) in [4.78, 5) is 20.1. The zero-order valence-electron chi connectivity index (χ0n) is 8.15. The molecule has 0 aliphatic rings. The SMILES string of the molecule is O=c1[nH]cc(Nc2nc3ccccc3o2)[nH]1. The molecular weight excluding hydrogens is 208 g/mol. The number of H-pyrrole nitrogens is 2. The third kappa shape index (κ3) is 1.46. The highest BCUT2D eigenvalue weighted by Gasteiger charge is 2.05. The fraction of sp³-hybridized carbons (Fsp3) is 0. The van der Waals surface area contributed by atoms with E-state index in [0.717, 1.165) is 5.52 Å². The molecule has 16 heavy (non-hydrogen) atoms. The first-order valence-corrected chi connectivity index (χ1v) is 4.71. The second kappa shape index (κ2) is 3.27. The van der Waals surface area contributed by atoms with Crippen LogP contribution in [-0.2, 0) is 0 Å². The molecule has 3 aromatic rings. The van der Waals surface area contributed by atoms with E-state index in [1.54, 1.807) is 0 Å². The van der Waals surface area contributed by atoms with Crippen molar-refractivity contribution in [2.45, 2.75) is 0 Å². The summed E-state index contributed by atoms with van der Waals surface area (Å²) in [6.07, 6.45) is 1.51. The lowest BCUT2D eigenvalue weighted by Crippen LogP contribution is -2.01. The summed E-state index contributed by atoms with van der Waals surface area (Å²) in [6, 6.07) is 7.77. The quantitative estimate of drug-likeness (QED) is 0.607. The van der Waals surface area contributed by atoms with E-state index < -0.39 is 0 Å². The van der Waals surface area contributed by atoms with E-state index in [2.05, 4.69) is 20.3 Å². The van der Waals surface area contributed by atoms with Crippen LogP contribution >= 0.6 is 0 Å². The van der Waals surface area contributed by atoms with E-state index in [1.807, 2.05) is 24.3 Å². The summed E-state index contributed by atoms with van der Waals surface area (Å²) in [5.74, 6) is 0.511. The Hall–Kier alpha value is -2.50. The average molecular weight is 216 g/mol. The monoisotopic (exact) mass is 216 g/mol. The van der Waals surface area contributed by atoms with Crippen LogP contribution in [0.4, 0.5) is 11.8 Å². The summed E-state index contributed by atoms with van der Waals surface area (Å²) < 4.78 is 5.42. The molecule has 6 heteroatoms. The molecule has 1 aromatic carbocycles. The Labute approximate surface area is 89.3 Å². The maximum absolute atomic E-state index is 10.9. The molecule has 0 saturated heterocycles. The van der Waals surface area contributed by atoms with Gasteiger partial charge in [-0.3, -0.25) is 10.3 Å². The van der Waals surface area contributed by atoms with Crippen molar-refractivity contribution in [3.05, 3.63) is 40.9 Å². The Kier molecular flexibility index (Phi) is 1.79. The fourth-order valence-corrected chi connectivity index (χ4v) is 1.44. The van der Waals surface area contributed by atoms with Crippen LogP contribution in [0.3, 0.4) is 0 Å². The van der Waals surface area contributed by atoms with Crippen molar-refractivity contribution in [1.82, 2.24) is 15.0 Å². The van der Waals surface area contributed by atoms with Gasteiger partial charge in [-0.1, -0.05) is 12.1 Å². The molecule has 0 spiro atoms. The van der Waals surface area contributed by atoms with E-state index in [4.69, 9.17) is 4.42 Å². The molecule has 3 N–H and O–H groups in total. The molecule has 0 atom stereocenters. The van der Waals surface area contributed by atoms with E-state index in [-0.39, 0.29) is 5.69 Å². The van der Waals surface area contributed by atoms with Gasteiger partial charge < -0.3 is 9.40 Å². The molecule has 0 bridgehead atoms. The third-order valence-electron chi connectivity index (χ3n) is 2.13. The van der Waals surface area contributed by atoms with Gasteiger partial charge in [0.05, 0.1) is 0 Å². The van der Waals surface area contributed by atoms with Gasteiger partial charge in [0, 0.05) is 6.20 Å². The molecule has 0 unspecified atom stereocenters. The van der Waals surface area contributed by atoms with Crippen molar-refractivity contribution in [2.24, 2.45) is 0 Å². The van der Waals surface area contributed by atoms with Crippen LogP contribution in [0, 0.1) is 0 Å². The summed E-state index contributed by atoms with van der Waals surface area (Å²) >= 11 is 0. The molecule has 6 nitrogen and oxygen atoms in total. The Morgan fingerprint density at radius 1 is 1.31 bits per heavy atom. The number of aromatic nitrogens is 3. The molecule has 3 rings (SSSR count). The van der Waals surface area contributed by atoms with Gasteiger partial charge in [0.1, 0.15) is 11.3 Å². The molecule has 0 saturated carbocycles. The van der Waals surface area contributed by atoms with Gasteiger partial charge in [-0.05, 0) is 12.1 Å². The molecule has 0 amide bonds. The molecule has 0 aliphatic carbocycles. The van der Waals surface area contributed by atoms with Crippen LogP contribution in [0.1, 0.15) is 0 Å². The Morgan fingerprint density at radius 2 is 2.19 bits per heavy atom. The molecule has 80 valence electrons. The molecular formula is C10H8N4O2. The Morgan fingerprint density at radius 3 is 2.94 bits per heavy atom. The first-order chi connectivity index (χ1) is 7.81. The maximum Gasteiger partial charge on any atom is 0.324 e. The van der Waals surface area contributed by atoms with Crippen molar-refractivity contribution in [3.63, 3.8) is 0 Å². The van der Waals surface area contributed by atoms with E-state index >= 15 is 0 Å². The minimum atomic E-state index is -0.279. The fourth-order valence-electron chi connectivity index (χ4n) is 1.44. The molecule has 0 fully saturated rings. The van der Waals surface area contributed by atoms with Crippen molar-refractivity contribution < 1.29 is 4.42 Å². The number of fused-ring (bicyclic) bond motifs is 1. The first-order valence-electron chi connectivity index (χ1n) is 4.71. The largest absolute Gasteiger partial charge is 0.423 e. The maximum atomic E-state index is 10.9. The predicted molar refractivity (Wildman–Crippen MR) is 58.7 cm³/mol. The summed E-state index contributed by atoms with van der Waals surface area (Å²) in [6.45, 7) is 0. The van der Waals surface area contributed by atoms with Gasteiger partial charge in [0.25, 0.3) is 0 Å². The molecule has 0 radical (unpaired) electrons. The number of benzene rings is 1. The Bertz CT molecular complexity index is 646. The van der Waals surface area contributed by atoms with Crippen molar-refractivity contribution in [1.29, 1.82) is 0 Å². The Balaban J connectivity index is 1.97. The van der Waals surface area contributed by atoms with E-state index in [1.165, 1.54) is 6.20 Å². The number of anilines is 2. The minimum absolute atomic E-state index is 0.279. The van der Waals surface area contributed by atoms with Crippen LogP contribution in [0.15, 0.2) is 39.7 Å². The number of hydrogen-bond donors (Lipinski definition) is 3. The number of hydrogen-bond acceptors (Lipinski definition) is 4. The van der Waals surface area contributed by atoms with Crippen LogP contribution in [0.2, 0.25) is 0 Å². The lowest BCUT2D eigenvalue weighted by Gasteiger charge is -1.93. The van der Waals surface area contributed by atoms with Gasteiger partial charge in [-0.15, -0.1) is 0 Å². The molecule has 2 aromatic heterocycles. The summed E-state index contributed by atoms with van der Waals surface area (Å²) in [5, 5.41) is 2.85. The van der Waals surface area contributed by atoms with Crippen LogP contribution in [0.25, 0.3) is 11.1 Å². The minimum Gasteiger partial charge on any atom is -0.423 e. The van der Waals surface area contributed by atoms with Gasteiger partial charge >= 0.3 is 11.7 Å². The number of oxazole rings is 1. The van der Waals surface area contributed by atoms with Crippen molar-refractivity contribution in [3.8, 4) is 0 Å². The lowest BCUT2D eigenvalue weighted by atomic mass is 10.3. The lowest BCUT2D eigenvalue weighted by molar-refractivity contribution is 0.622. The van der Waals surface area contributed by atoms with Crippen LogP contribution in [0.5, 0.6) is 0 Å². The number of nitrogens with zero attached hydrogens (tertiary/aromatic N) is 1. The molecule has 0 aliphatic heterocycles. The van der Waals surface area contributed by atoms with E-state index in [0.29, 0.717) is 17.4 Å². The number of para-hydroxylation sites is 2. The highest BCUT2D eigenvalue weighted by Crippen LogP contribution is 2.19. The van der Waals surface area contributed by atoms with Crippen molar-refractivity contribution in [2.75, 3.05) is 5.32 Å². The average Bonchev–Trinajstić information content (AvgIpc) is 2.84. The predicted octanol–water partition coefficient (Wildman–Crippen LogP) is 1.59.